The van der Waals surface area contributed by atoms with Crippen molar-refractivity contribution < 1.29 is 4.74 Å². The molecule has 0 amide bonds. The third kappa shape index (κ3) is 7.59. The van der Waals surface area contributed by atoms with Gasteiger partial charge in [0, 0.05) is 58.7 Å². The number of ether oxygens (including phenoxy) is 1. The lowest BCUT2D eigenvalue weighted by atomic mass is 10.0. The minimum atomic E-state index is 0.402. The van der Waals surface area contributed by atoms with Gasteiger partial charge >= 0.3 is 0 Å². The predicted molar refractivity (Wildman–Crippen MR) is 122 cm³/mol. The second-order valence-corrected chi connectivity index (χ2v) is 7.88. The Kier molecular flexibility index (Phi) is 9.23. The molecule has 0 aromatic carbocycles. The van der Waals surface area contributed by atoms with E-state index in [4.69, 9.17) is 9.73 Å². The van der Waals surface area contributed by atoms with E-state index in [1.807, 2.05) is 37.7 Å². The van der Waals surface area contributed by atoms with Crippen LogP contribution in [0.2, 0.25) is 0 Å². The average Bonchev–Trinajstić information content (AvgIpc) is 3.11. The van der Waals surface area contributed by atoms with Gasteiger partial charge in [-0.05, 0) is 45.2 Å². The molecule has 2 aromatic heterocycles. The number of hydrogen-bond acceptors (Lipinski definition) is 6. The van der Waals surface area contributed by atoms with Gasteiger partial charge in [0.1, 0.15) is 12.4 Å². The number of nitrogens with zero attached hydrogens (tertiary/aromatic N) is 6. The Morgan fingerprint density at radius 1 is 1.26 bits per heavy atom. The van der Waals surface area contributed by atoms with E-state index in [2.05, 4.69) is 42.8 Å². The number of hydrogen-bond donors (Lipinski definition) is 2. The number of piperidine rings is 1. The van der Waals surface area contributed by atoms with Gasteiger partial charge < -0.3 is 19.9 Å². The van der Waals surface area contributed by atoms with Crippen LogP contribution in [0.3, 0.4) is 0 Å². The van der Waals surface area contributed by atoms with Crippen molar-refractivity contribution in [3.8, 4) is 0 Å². The molecule has 0 radical (unpaired) electrons. The molecule has 31 heavy (non-hydrogen) atoms. The number of guanidine groups is 1. The van der Waals surface area contributed by atoms with Crippen molar-refractivity contribution in [3.05, 3.63) is 41.7 Å². The molecular weight excluding hydrogens is 392 g/mol. The fraction of sp³-hybridized carbons (Fsp3) is 0.636. The smallest absolute Gasteiger partial charge is 0.191 e. The largest absolute Gasteiger partial charge is 0.382 e. The van der Waals surface area contributed by atoms with Crippen molar-refractivity contribution in [3.63, 3.8) is 0 Å². The Hall–Kier alpha value is -2.52. The van der Waals surface area contributed by atoms with Crippen LogP contribution < -0.4 is 10.6 Å². The van der Waals surface area contributed by atoms with Crippen molar-refractivity contribution in [2.75, 3.05) is 32.8 Å². The minimum absolute atomic E-state index is 0.402. The highest BCUT2D eigenvalue weighted by atomic mass is 16.5. The van der Waals surface area contributed by atoms with Gasteiger partial charge in [-0.1, -0.05) is 6.07 Å². The zero-order valence-electron chi connectivity index (χ0n) is 19.0. The third-order valence-corrected chi connectivity index (χ3v) is 5.56. The molecule has 1 aliphatic rings. The number of aromatic nitrogens is 4. The van der Waals surface area contributed by atoms with E-state index in [1.165, 1.54) is 0 Å². The molecule has 0 bridgehead atoms. The standard InChI is InChI=1S/C22H36N8O/c1-4-31-15-7-12-24-22(25-16-21-28-27-18(2)29(21)3)26-19-9-13-30(14-10-19)17-20-8-5-6-11-23-20/h5-6,8,11,19H,4,7,9-10,12-17H2,1-3H3,(H2,24,25,26). The van der Waals surface area contributed by atoms with Gasteiger partial charge in [-0.3, -0.25) is 9.88 Å². The van der Waals surface area contributed by atoms with E-state index in [-0.39, 0.29) is 0 Å². The molecule has 0 atom stereocenters. The number of aliphatic imine (C=N–C) groups is 1. The van der Waals surface area contributed by atoms with Crippen LogP contribution >= 0.6 is 0 Å². The highest BCUT2D eigenvalue weighted by Crippen LogP contribution is 2.13. The van der Waals surface area contributed by atoms with Crippen LogP contribution in [-0.2, 0) is 24.9 Å². The first-order chi connectivity index (χ1) is 15.2. The quantitative estimate of drug-likeness (QED) is 0.338. The normalized spacial score (nSPS) is 15.9. The van der Waals surface area contributed by atoms with Crippen LogP contribution in [0.25, 0.3) is 0 Å². The first-order valence-electron chi connectivity index (χ1n) is 11.3. The molecule has 0 aliphatic carbocycles. The maximum atomic E-state index is 5.44. The predicted octanol–water partition coefficient (Wildman–Crippen LogP) is 1.64. The molecule has 9 nitrogen and oxygen atoms in total. The second-order valence-electron chi connectivity index (χ2n) is 7.88. The van der Waals surface area contributed by atoms with Crippen molar-refractivity contribution in [2.45, 2.75) is 52.2 Å². The highest BCUT2D eigenvalue weighted by molar-refractivity contribution is 5.80. The Morgan fingerprint density at radius 3 is 2.77 bits per heavy atom. The van der Waals surface area contributed by atoms with Crippen molar-refractivity contribution >= 4 is 5.96 Å². The molecule has 170 valence electrons. The summed E-state index contributed by atoms with van der Waals surface area (Å²) < 4.78 is 7.42. The van der Waals surface area contributed by atoms with Gasteiger partial charge in [-0.25, -0.2) is 4.99 Å². The SMILES string of the molecule is CCOCCCNC(=NCc1nnc(C)n1C)NC1CCN(Cc2ccccn2)CC1. The van der Waals surface area contributed by atoms with Gasteiger partial charge in [0.05, 0.1) is 5.69 Å². The lowest BCUT2D eigenvalue weighted by molar-refractivity contribution is 0.145. The Morgan fingerprint density at radius 2 is 2.10 bits per heavy atom. The van der Waals surface area contributed by atoms with Gasteiger partial charge in [0.2, 0.25) is 0 Å². The summed E-state index contributed by atoms with van der Waals surface area (Å²) in [4.78, 5) is 11.7. The first-order valence-corrected chi connectivity index (χ1v) is 11.3. The molecule has 1 saturated heterocycles. The molecule has 1 fully saturated rings. The van der Waals surface area contributed by atoms with Crippen LogP contribution in [0.1, 0.15) is 43.5 Å². The summed E-state index contributed by atoms with van der Waals surface area (Å²) in [5, 5.41) is 15.4. The van der Waals surface area contributed by atoms with Crippen LogP contribution in [-0.4, -0.2) is 69.5 Å². The lowest BCUT2D eigenvalue weighted by Gasteiger charge is -2.33. The summed E-state index contributed by atoms with van der Waals surface area (Å²) in [6.45, 7) is 9.80. The van der Waals surface area contributed by atoms with E-state index in [1.54, 1.807) is 0 Å². The van der Waals surface area contributed by atoms with E-state index in [0.29, 0.717) is 12.6 Å². The third-order valence-electron chi connectivity index (χ3n) is 5.56. The Balaban J connectivity index is 1.51. The number of aryl methyl sites for hydroxylation is 1. The maximum Gasteiger partial charge on any atom is 0.191 e. The van der Waals surface area contributed by atoms with Crippen LogP contribution in [0.15, 0.2) is 29.4 Å². The zero-order chi connectivity index (χ0) is 21.9. The highest BCUT2D eigenvalue weighted by Gasteiger charge is 2.20. The summed E-state index contributed by atoms with van der Waals surface area (Å²) in [6, 6.07) is 6.51. The fourth-order valence-corrected chi connectivity index (χ4v) is 3.57. The van der Waals surface area contributed by atoms with Gasteiger partial charge in [0.25, 0.3) is 0 Å². The van der Waals surface area contributed by atoms with Crippen LogP contribution in [0, 0.1) is 6.92 Å². The van der Waals surface area contributed by atoms with Gasteiger partial charge in [-0.2, -0.15) is 0 Å². The molecule has 0 saturated carbocycles. The molecule has 3 rings (SSSR count). The molecule has 3 heterocycles. The Labute approximate surface area is 185 Å². The van der Waals surface area contributed by atoms with Crippen molar-refractivity contribution in [2.24, 2.45) is 12.0 Å². The zero-order valence-corrected chi connectivity index (χ0v) is 19.0. The molecule has 0 unspecified atom stereocenters. The molecule has 2 aromatic rings. The number of nitrogens with one attached hydrogen (secondary N) is 2. The van der Waals surface area contributed by atoms with E-state index >= 15 is 0 Å². The minimum Gasteiger partial charge on any atom is -0.382 e. The topological polar surface area (TPSA) is 92.5 Å². The van der Waals surface area contributed by atoms with Gasteiger partial charge in [-0.15, -0.1) is 10.2 Å². The molecule has 9 heteroatoms. The number of rotatable bonds is 10. The molecule has 0 spiro atoms. The lowest BCUT2D eigenvalue weighted by Crippen LogP contribution is -2.48. The van der Waals surface area contributed by atoms with Gasteiger partial charge in [0.15, 0.2) is 11.8 Å². The van der Waals surface area contributed by atoms with E-state index < -0.39 is 0 Å². The summed E-state index contributed by atoms with van der Waals surface area (Å²) >= 11 is 0. The summed E-state index contributed by atoms with van der Waals surface area (Å²) in [5.74, 6) is 2.59. The fourth-order valence-electron chi connectivity index (χ4n) is 3.57. The van der Waals surface area contributed by atoms with Crippen LogP contribution in [0.4, 0.5) is 0 Å². The monoisotopic (exact) mass is 428 g/mol. The number of pyridine rings is 1. The van der Waals surface area contributed by atoms with E-state index in [9.17, 15) is 0 Å². The summed E-state index contributed by atoms with van der Waals surface area (Å²) in [5.41, 5.74) is 1.13. The average molecular weight is 429 g/mol. The van der Waals surface area contributed by atoms with E-state index in [0.717, 1.165) is 82.0 Å². The molecule has 2 N–H and O–H groups in total. The van der Waals surface area contributed by atoms with Crippen LogP contribution in [0.5, 0.6) is 0 Å². The number of likely N-dealkylation sites (tertiary alicyclic amines) is 1. The summed E-state index contributed by atoms with van der Waals surface area (Å²) in [7, 11) is 1.97. The summed E-state index contributed by atoms with van der Waals surface area (Å²) in [6.07, 6.45) is 4.97. The molecule has 1 aliphatic heterocycles. The Bertz CT molecular complexity index is 799. The molecular formula is C22H36N8O. The van der Waals surface area contributed by atoms with Crippen molar-refractivity contribution in [1.82, 2.24) is 35.3 Å². The van der Waals surface area contributed by atoms with Crippen molar-refractivity contribution in [1.29, 1.82) is 0 Å². The maximum absolute atomic E-state index is 5.44. The first kappa shape index (κ1) is 23.1. The second kappa shape index (κ2) is 12.4.